The van der Waals surface area contributed by atoms with E-state index in [9.17, 15) is 18.9 Å². The topological polar surface area (TPSA) is 52.4 Å². The standard InChI is InChI=1S/C13H8BrF2NO3/c14-9-5-3-7-11(12(9)17(18)19)20-10-6-2-1-4-8(10)13(15)16/h1-7,13H. The number of hydrogen-bond donors (Lipinski definition) is 0. The van der Waals surface area contributed by atoms with Gasteiger partial charge in [0.25, 0.3) is 6.43 Å². The Morgan fingerprint density at radius 2 is 1.75 bits per heavy atom. The Kier molecular flexibility index (Phi) is 4.29. The van der Waals surface area contributed by atoms with Crippen molar-refractivity contribution in [2.24, 2.45) is 0 Å². The highest BCUT2D eigenvalue weighted by Crippen LogP contribution is 2.39. The molecule has 0 aliphatic carbocycles. The summed E-state index contributed by atoms with van der Waals surface area (Å²) in [5, 5.41) is 11.0. The lowest BCUT2D eigenvalue weighted by Gasteiger charge is -2.11. The van der Waals surface area contributed by atoms with Gasteiger partial charge in [-0.2, -0.15) is 0 Å². The molecule has 0 radical (unpaired) electrons. The third-order valence-electron chi connectivity index (χ3n) is 2.51. The monoisotopic (exact) mass is 343 g/mol. The van der Waals surface area contributed by atoms with Gasteiger partial charge >= 0.3 is 5.69 Å². The van der Waals surface area contributed by atoms with Gasteiger partial charge in [-0.15, -0.1) is 0 Å². The first-order valence-corrected chi connectivity index (χ1v) is 6.28. The lowest BCUT2D eigenvalue weighted by atomic mass is 10.2. The molecule has 0 fully saturated rings. The molecule has 0 aliphatic heterocycles. The number of nitro groups is 1. The second-order valence-corrected chi connectivity index (χ2v) is 4.64. The van der Waals surface area contributed by atoms with Crippen molar-refractivity contribution in [3.05, 3.63) is 62.6 Å². The molecule has 0 aromatic heterocycles. The van der Waals surface area contributed by atoms with Gasteiger partial charge in [-0.25, -0.2) is 8.78 Å². The van der Waals surface area contributed by atoms with Gasteiger partial charge in [-0.1, -0.05) is 18.2 Å². The smallest absolute Gasteiger partial charge is 0.325 e. The summed E-state index contributed by atoms with van der Waals surface area (Å²) >= 11 is 3.04. The highest BCUT2D eigenvalue weighted by Gasteiger charge is 2.22. The number of nitro benzene ring substituents is 1. The molecule has 104 valence electrons. The second-order valence-electron chi connectivity index (χ2n) is 3.78. The molecule has 0 bridgehead atoms. The van der Waals surface area contributed by atoms with Gasteiger partial charge in [0.1, 0.15) is 5.75 Å². The third-order valence-corrected chi connectivity index (χ3v) is 3.15. The largest absolute Gasteiger partial charge is 0.450 e. The predicted molar refractivity (Wildman–Crippen MR) is 72.3 cm³/mol. The Morgan fingerprint density at radius 3 is 2.40 bits per heavy atom. The molecule has 0 heterocycles. The Labute approximate surface area is 121 Å². The van der Waals surface area contributed by atoms with Crippen LogP contribution in [0.5, 0.6) is 11.5 Å². The first-order chi connectivity index (χ1) is 9.50. The van der Waals surface area contributed by atoms with Crippen LogP contribution in [0.3, 0.4) is 0 Å². The van der Waals surface area contributed by atoms with E-state index in [1.165, 1.54) is 42.5 Å². The number of rotatable bonds is 4. The minimum Gasteiger partial charge on any atom is -0.450 e. The fraction of sp³-hybridized carbons (Fsp3) is 0.0769. The SMILES string of the molecule is O=[N+]([O-])c1c(Br)cccc1Oc1ccccc1C(F)F. The Hall–Kier alpha value is -2.02. The van der Waals surface area contributed by atoms with Crippen LogP contribution in [0, 0.1) is 10.1 Å². The zero-order valence-corrected chi connectivity index (χ0v) is 11.5. The van der Waals surface area contributed by atoms with E-state index in [0.717, 1.165) is 0 Å². The third kappa shape index (κ3) is 2.93. The van der Waals surface area contributed by atoms with E-state index in [4.69, 9.17) is 4.74 Å². The van der Waals surface area contributed by atoms with Crippen molar-refractivity contribution in [2.75, 3.05) is 0 Å². The summed E-state index contributed by atoms with van der Waals surface area (Å²) in [5.41, 5.74) is -0.627. The molecular formula is C13H8BrF2NO3. The van der Waals surface area contributed by atoms with E-state index in [1.807, 2.05) is 0 Å². The number of ether oxygens (including phenoxy) is 1. The molecule has 2 aromatic rings. The van der Waals surface area contributed by atoms with E-state index in [-0.39, 0.29) is 27.2 Å². The number of hydrogen-bond acceptors (Lipinski definition) is 3. The van der Waals surface area contributed by atoms with Crippen LogP contribution in [0.1, 0.15) is 12.0 Å². The normalized spacial score (nSPS) is 10.6. The van der Waals surface area contributed by atoms with Crippen LogP contribution in [0.2, 0.25) is 0 Å². The summed E-state index contributed by atoms with van der Waals surface area (Å²) in [5.74, 6) is -0.207. The molecule has 4 nitrogen and oxygen atoms in total. The molecule has 0 unspecified atom stereocenters. The van der Waals surface area contributed by atoms with Crippen molar-refractivity contribution >= 4 is 21.6 Å². The molecule has 20 heavy (non-hydrogen) atoms. The lowest BCUT2D eigenvalue weighted by molar-refractivity contribution is -0.386. The molecule has 0 saturated carbocycles. The summed E-state index contributed by atoms with van der Waals surface area (Å²) in [6, 6.07) is 9.87. The minimum atomic E-state index is -2.72. The van der Waals surface area contributed by atoms with Gasteiger partial charge < -0.3 is 4.74 Å². The van der Waals surface area contributed by atoms with Crippen LogP contribution < -0.4 is 4.74 Å². The molecule has 7 heteroatoms. The second kappa shape index (κ2) is 5.96. The maximum atomic E-state index is 12.8. The highest BCUT2D eigenvalue weighted by atomic mass is 79.9. The van der Waals surface area contributed by atoms with Gasteiger partial charge in [0.2, 0.25) is 5.75 Å². The van der Waals surface area contributed by atoms with Gasteiger partial charge in [0.15, 0.2) is 0 Å². The summed E-state index contributed by atoms with van der Waals surface area (Å²) in [6.07, 6.45) is -2.72. The average Bonchev–Trinajstić information content (AvgIpc) is 2.38. The van der Waals surface area contributed by atoms with Crippen molar-refractivity contribution in [1.82, 2.24) is 0 Å². The quantitative estimate of drug-likeness (QED) is 0.574. The summed E-state index contributed by atoms with van der Waals surface area (Å²) in [7, 11) is 0. The van der Waals surface area contributed by atoms with Crippen LogP contribution in [-0.2, 0) is 0 Å². The fourth-order valence-corrected chi connectivity index (χ4v) is 2.12. The van der Waals surface area contributed by atoms with Gasteiger partial charge in [0.05, 0.1) is 15.0 Å². The molecular weight excluding hydrogens is 336 g/mol. The minimum absolute atomic E-state index is 0.0996. The number of nitrogens with zero attached hydrogens (tertiary/aromatic N) is 1. The Bertz CT molecular complexity index is 649. The summed E-state index contributed by atoms with van der Waals surface area (Å²) < 4.78 is 31.2. The number of benzene rings is 2. The maximum absolute atomic E-state index is 12.8. The Morgan fingerprint density at radius 1 is 1.10 bits per heavy atom. The highest BCUT2D eigenvalue weighted by molar-refractivity contribution is 9.10. The van der Waals surface area contributed by atoms with Crippen molar-refractivity contribution in [3.8, 4) is 11.5 Å². The molecule has 2 aromatic carbocycles. The molecule has 0 amide bonds. The van der Waals surface area contributed by atoms with Crippen molar-refractivity contribution in [2.45, 2.75) is 6.43 Å². The van der Waals surface area contributed by atoms with E-state index < -0.39 is 11.3 Å². The number of para-hydroxylation sites is 2. The molecule has 0 atom stereocenters. The van der Waals surface area contributed by atoms with Crippen molar-refractivity contribution in [1.29, 1.82) is 0 Å². The molecule has 0 saturated heterocycles. The zero-order valence-electron chi connectivity index (χ0n) is 9.92. The van der Waals surface area contributed by atoms with E-state index >= 15 is 0 Å². The first kappa shape index (κ1) is 14.4. The summed E-state index contributed by atoms with van der Waals surface area (Å²) in [6.45, 7) is 0. The van der Waals surface area contributed by atoms with Crippen molar-refractivity contribution < 1.29 is 18.4 Å². The predicted octanol–water partition coefficient (Wildman–Crippen LogP) is 5.09. The van der Waals surface area contributed by atoms with Crippen LogP contribution in [0.15, 0.2) is 46.9 Å². The molecule has 0 spiro atoms. The maximum Gasteiger partial charge on any atom is 0.325 e. The molecule has 0 aliphatic rings. The van der Waals surface area contributed by atoms with Crippen LogP contribution >= 0.6 is 15.9 Å². The number of alkyl halides is 2. The van der Waals surface area contributed by atoms with Gasteiger partial charge in [0, 0.05) is 0 Å². The molecule has 0 N–H and O–H groups in total. The van der Waals surface area contributed by atoms with Crippen molar-refractivity contribution in [3.63, 3.8) is 0 Å². The zero-order chi connectivity index (χ0) is 14.7. The summed E-state index contributed by atoms with van der Waals surface area (Å²) in [4.78, 5) is 10.4. The van der Waals surface area contributed by atoms with E-state index in [2.05, 4.69) is 15.9 Å². The van der Waals surface area contributed by atoms with Gasteiger partial charge in [-0.3, -0.25) is 10.1 Å². The van der Waals surface area contributed by atoms with Crippen LogP contribution in [0.25, 0.3) is 0 Å². The average molecular weight is 344 g/mol. The molecule has 2 rings (SSSR count). The Balaban J connectivity index is 2.46. The van der Waals surface area contributed by atoms with Crippen LogP contribution in [-0.4, -0.2) is 4.92 Å². The van der Waals surface area contributed by atoms with Gasteiger partial charge in [-0.05, 0) is 40.2 Å². The van der Waals surface area contributed by atoms with Crippen LogP contribution in [0.4, 0.5) is 14.5 Å². The first-order valence-electron chi connectivity index (χ1n) is 5.48. The van der Waals surface area contributed by atoms with E-state index in [0.29, 0.717) is 0 Å². The number of halogens is 3. The van der Waals surface area contributed by atoms with E-state index in [1.54, 1.807) is 0 Å². The lowest BCUT2D eigenvalue weighted by Crippen LogP contribution is -1.97. The fourth-order valence-electron chi connectivity index (χ4n) is 1.63.